The summed E-state index contributed by atoms with van der Waals surface area (Å²) in [5.41, 5.74) is -2.83. The van der Waals surface area contributed by atoms with Crippen LogP contribution in [0, 0.1) is 5.82 Å². The topological polar surface area (TPSA) is 99.1 Å². The van der Waals surface area contributed by atoms with Gasteiger partial charge in [-0.2, -0.15) is 23.3 Å². The number of nitrogens with zero attached hydrogens (tertiary/aromatic N) is 6. The van der Waals surface area contributed by atoms with Gasteiger partial charge < -0.3 is 9.42 Å². The zero-order valence-corrected chi connectivity index (χ0v) is 16.1. The molecule has 0 radical (unpaired) electrons. The first-order chi connectivity index (χ1) is 14.6. The summed E-state index contributed by atoms with van der Waals surface area (Å²) in [7, 11) is 1.44. The van der Waals surface area contributed by atoms with E-state index in [4.69, 9.17) is 4.52 Å². The van der Waals surface area contributed by atoms with Crippen LogP contribution < -0.4 is 5.69 Å². The number of rotatable bonds is 4. The normalized spacial score (nSPS) is 19.2. The summed E-state index contributed by atoms with van der Waals surface area (Å²) in [6.07, 6.45) is -4.06. The van der Waals surface area contributed by atoms with Gasteiger partial charge in [0.1, 0.15) is 18.7 Å². The average Bonchev–Trinajstić information content (AvgIpc) is 3.44. The van der Waals surface area contributed by atoms with Crippen molar-refractivity contribution in [2.75, 3.05) is 13.1 Å². The zero-order valence-electron chi connectivity index (χ0n) is 16.1. The highest BCUT2D eigenvalue weighted by Gasteiger charge is 2.63. The molecule has 1 amide bonds. The predicted octanol–water partition coefficient (Wildman–Crippen LogP) is 1.50. The van der Waals surface area contributed by atoms with E-state index in [0.717, 1.165) is 26.3 Å². The van der Waals surface area contributed by atoms with Gasteiger partial charge >= 0.3 is 11.9 Å². The van der Waals surface area contributed by atoms with Crippen LogP contribution in [0.25, 0.3) is 11.4 Å². The lowest BCUT2D eigenvalue weighted by Crippen LogP contribution is -2.46. The van der Waals surface area contributed by atoms with Crippen LogP contribution in [-0.4, -0.2) is 54.6 Å². The Morgan fingerprint density at radius 3 is 2.58 bits per heavy atom. The van der Waals surface area contributed by atoms with Gasteiger partial charge in [0.05, 0.1) is 0 Å². The molecule has 1 aliphatic rings. The van der Waals surface area contributed by atoms with Gasteiger partial charge in [0, 0.05) is 25.7 Å². The Kier molecular flexibility index (Phi) is 4.90. The Morgan fingerprint density at radius 2 is 1.97 bits per heavy atom. The largest absolute Gasteiger partial charge is 0.405 e. The average molecular weight is 440 g/mol. The number of hydrogen-bond acceptors (Lipinski definition) is 6. The number of amides is 1. The van der Waals surface area contributed by atoms with Crippen LogP contribution in [0.15, 0.2) is 39.9 Å². The summed E-state index contributed by atoms with van der Waals surface area (Å²) in [5.74, 6) is -2.01. The van der Waals surface area contributed by atoms with Crippen molar-refractivity contribution in [2.45, 2.75) is 24.6 Å². The van der Waals surface area contributed by atoms with Crippen LogP contribution in [0.4, 0.5) is 17.6 Å². The van der Waals surface area contributed by atoms with Gasteiger partial charge in [-0.15, -0.1) is 0 Å². The van der Waals surface area contributed by atoms with Crippen molar-refractivity contribution < 1.29 is 26.9 Å². The fraction of sp³-hybridized carbons (Fsp3) is 0.389. The van der Waals surface area contributed by atoms with E-state index >= 15 is 0 Å². The second-order valence-corrected chi connectivity index (χ2v) is 7.26. The van der Waals surface area contributed by atoms with E-state index in [9.17, 15) is 27.2 Å². The Balaban J connectivity index is 1.60. The highest BCUT2D eigenvalue weighted by Crippen LogP contribution is 2.47. The molecule has 1 atom stereocenters. The molecule has 1 unspecified atom stereocenters. The van der Waals surface area contributed by atoms with Crippen LogP contribution in [0.3, 0.4) is 0 Å². The molecule has 1 fully saturated rings. The SMILES string of the molecule is Cn1cnn(CC(=O)N2CCC(c3nc(-c4ccc(F)cc4)no3)(C(F)(F)F)C2)c1=O. The fourth-order valence-corrected chi connectivity index (χ4v) is 3.44. The van der Waals surface area contributed by atoms with Crippen LogP contribution >= 0.6 is 0 Å². The Labute approximate surface area is 171 Å². The lowest BCUT2D eigenvalue weighted by molar-refractivity contribution is -0.193. The number of halogens is 4. The number of aryl methyl sites for hydroxylation is 1. The van der Waals surface area contributed by atoms with Crippen LogP contribution in [0.5, 0.6) is 0 Å². The smallest absolute Gasteiger partial charge is 0.340 e. The van der Waals surface area contributed by atoms with Crippen molar-refractivity contribution in [1.29, 1.82) is 0 Å². The number of likely N-dealkylation sites (tertiary alicyclic amines) is 1. The lowest BCUT2D eigenvalue weighted by atomic mass is 9.86. The van der Waals surface area contributed by atoms with Gasteiger partial charge in [0.15, 0.2) is 5.41 Å². The minimum Gasteiger partial charge on any atom is -0.340 e. The van der Waals surface area contributed by atoms with Gasteiger partial charge in [-0.1, -0.05) is 5.16 Å². The minimum absolute atomic E-state index is 0.122. The quantitative estimate of drug-likeness (QED) is 0.571. The van der Waals surface area contributed by atoms with Gasteiger partial charge in [0.2, 0.25) is 17.6 Å². The highest BCUT2D eigenvalue weighted by molar-refractivity contribution is 5.76. The summed E-state index contributed by atoms with van der Waals surface area (Å²) in [5, 5.41) is 7.34. The van der Waals surface area contributed by atoms with Crippen LogP contribution in [0.2, 0.25) is 0 Å². The molecule has 0 spiro atoms. The van der Waals surface area contributed by atoms with Crippen molar-refractivity contribution in [3.05, 3.63) is 52.8 Å². The third kappa shape index (κ3) is 3.59. The molecule has 1 aliphatic heterocycles. The Bertz CT molecular complexity index is 1170. The van der Waals surface area contributed by atoms with E-state index < -0.39 is 54.4 Å². The van der Waals surface area contributed by atoms with E-state index in [1.165, 1.54) is 25.5 Å². The standard InChI is InChI=1S/C18H16F4N6O3/c1-26-10-23-28(16(26)30)8-13(29)27-7-6-17(9-27,18(20,21)22)15-24-14(25-31-15)11-2-4-12(19)5-3-11/h2-5,10H,6-9H2,1H3. The molecule has 4 rings (SSSR count). The first-order valence-electron chi connectivity index (χ1n) is 9.14. The first kappa shape index (κ1) is 20.8. The molecule has 1 aromatic carbocycles. The van der Waals surface area contributed by atoms with E-state index in [1.807, 2.05) is 0 Å². The molecule has 164 valence electrons. The molecule has 1 saturated heterocycles. The molecule has 0 aliphatic carbocycles. The molecule has 31 heavy (non-hydrogen) atoms. The monoisotopic (exact) mass is 440 g/mol. The zero-order chi connectivity index (χ0) is 22.4. The Hall–Kier alpha value is -3.51. The molecule has 2 aromatic heterocycles. The maximum atomic E-state index is 14.1. The molecule has 0 bridgehead atoms. The van der Waals surface area contributed by atoms with Gasteiger partial charge in [-0.05, 0) is 30.7 Å². The van der Waals surface area contributed by atoms with Crippen molar-refractivity contribution in [3.8, 4) is 11.4 Å². The molecule has 3 aromatic rings. The number of hydrogen-bond donors (Lipinski definition) is 0. The maximum Gasteiger partial charge on any atom is 0.405 e. The molecule has 0 N–H and O–H groups in total. The fourth-order valence-electron chi connectivity index (χ4n) is 3.44. The predicted molar refractivity (Wildman–Crippen MR) is 96.1 cm³/mol. The van der Waals surface area contributed by atoms with Crippen LogP contribution in [-0.2, 0) is 23.8 Å². The molecular weight excluding hydrogens is 424 g/mol. The summed E-state index contributed by atoms with van der Waals surface area (Å²) in [4.78, 5) is 29.3. The first-order valence-corrected chi connectivity index (χ1v) is 9.14. The third-order valence-corrected chi connectivity index (χ3v) is 5.27. The van der Waals surface area contributed by atoms with E-state index in [-0.39, 0.29) is 17.9 Å². The third-order valence-electron chi connectivity index (χ3n) is 5.27. The van der Waals surface area contributed by atoms with Crippen molar-refractivity contribution in [3.63, 3.8) is 0 Å². The number of alkyl halides is 3. The van der Waals surface area contributed by atoms with Crippen molar-refractivity contribution in [1.82, 2.24) is 29.4 Å². The summed E-state index contributed by atoms with van der Waals surface area (Å²) < 4.78 is 62.4. The number of carbonyl (C=O) groups excluding carboxylic acids is 1. The minimum atomic E-state index is -4.78. The summed E-state index contributed by atoms with van der Waals surface area (Å²) >= 11 is 0. The van der Waals surface area contributed by atoms with Crippen LogP contribution in [0.1, 0.15) is 12.3 Å². The molecule has 13 heteroatoms. The van der Waals surface area contributed by atoms with Gasteiger partial charge in [-0.25, -0.2) is 13.9 Å². The molecule has 0 saturated carbocycles. The van der Waals surface area contributed by atoms with Gasteiger partial charge in [-0.3, -0.25) is 9.36 Å². The number of benzene rings is 1. The molecule has 3 heterocycles. The molecule has 9 nitrogen and oxygen atoms in total. The second-order valence-electron chi connectivity index (χ2n) is 7.26. The summed E-state index contributed by atoms with van der Waals surface area (Å²) in [6.45, 7) is -1.44. The number of carbonyl (C=O) groups is 1. The van der Waals surface area contributed by atoms with E-state index in [1.54, 1.807) is 0 Å². The maximum absolute atomic E-state index is 14.1. The second kappa shape index (κ2) is 7.32. The van der Waals surface area contributed by atoms with E-state index in [2.05, 4.69) is 15.2 Å². The number of aromatic nitrogens is 5. The van der Waals surface area contributed by atoms with Crippen molar-refractivity contribution >= 4 is 5.91 Å². The highest BCUT2D eigenvalue weighted by atomic mass is 19.4. The Morgan fingerprint density at radius 1 is 1.26 bits per heavy atom. The summed E-state index contributed by atoms with van der Waals surface area (Å²) in [6, 6.07) is 4.89. The molecular formula is C18H16F4N6O3. The van der Waals surface area contributed by atoms with Gasteiger partial charge in [0.25, 0.3) is 0 Å². The van der Waals surface area contributed by atoms with Crippen molar-refractivity contribution in [2.24, 2.45) is 7.05 Å². The van der Waals surface area contributed by atoms with E-state index in [0.29, 0.717) is 0 Å². The lowest BCUT2D eigenvalue weighted by Gasteiger charge is -2.27.